The zero-order valence-corrected chi connectivity index (χ0v) is 18.3. The van der Waals surface area contributed by atoms with Crippen molar-refractivity contribution in [2.75, 3.05) is 11.9 Å². The molecule has 0 aliphatic carbocycles. The molecule has 2 aromatic heterocycles. The number of likely N-dealkylation sites (tertiary alicyclic amines) is 1. The number of ketones is 1. The number of hydrogen-bond acceptors (Lipinski definition) is 5. The Bertz CT molecular complexity index is 1140. The Kier molecular flexibility index (Phi) is 5.98. The Morgan fingerprint density at radius 1 is 1.19 bits per heavy atom. The van der Waals surface area contributed by atoms with E-state index < -0.39 is 0 Å². The summed E-state index contributed by atoms with van der Waals surface area (Å²) in [4.78, 5) is 36.5. The first kappa shape index (κ1) is 21.0. The minimum atomic E-state index is -0.00764. The summed E-state index contributed by atoms with van der Waals surface area (Å²) in [6.07, 6.45) is 5.79. The molecule has 1 N–H and O–H groups in total. The first-order valence-corrected chi connectivity index (χ1v) is 10.9. The molecule has 1 aromatic carbocycles. The van der Waals surface area contributed by atoms with Crippen LogP contribution in [0.3, 0.4) is 0 Å². The molecule has 1 fully saturated rings. The van der Waals surface area contributed by atoms with Crippen LogP contribution in [-0.2, 0) is 0 Å². The highest BCUT2D eigenvalue weighted by Crippen LogP contribution is 2.32. The van der Waals surface area contributed by atoms with Crippen molar-refractivity contribution in [3.63, 3.8) is 0 Å². The Labute approximate surface area is 182 Å². The summed E-state index contributed by atoms with van der Waals surface area (Å²) in [6, 6.07) is 11.4. The highest BCUT2D eigenvalue weighted by molar-refractivity contribution is 6.07. The molecule has 3 heterocycles. The number of aryl methyl sites for hydroxylation is 1. The Morgan fingerprint density at radius 3 is 2.81 bits per heavy atom. The summed E-state index contributed by atoms with van der Waals surface area (Å²) in [6.45, 7) is 6.36. The zero-order valence-electron chi connectivity index (χ0n) is 18.3. The fourth-order valence-corrected chi connectivity index (χ4v) is 4.28. The topological polar surface area (TPSA) is 75.2 Å². The molecule has 6 nitrogen and oxygen atoms in total. The third-order valence-electron chi connectivity index (χ3n) is 6.00. The van der Waals surface area contributed by atoms with E-state index in [1.54, 1.807) is 25.3 Å². The average Bonchev–Trinajstić information content (AvgIpc) is 2.78. The number of rotatable bonds is 5. The lowest BCUT2D eigenvalue weighted by Gasteiger charge is -2.35. The number of pyridine rings is 2. The Morgan fingerprint density at radius 2 is 2.03 bits per heavy atom. The van der Waals surface area contributed by atoms with Crippen LogP contribution >= 0.6 is 0 Å². The first-order valence-electron chi connectivity index (χ1n) is 10.9. The van der Waals surface area contributed by atoms with Crippen LogP contribution in [0.5, 0.6) is 0 Å². The van der Waals surface area contributed by atoms with Crippen molar-refractivity contribution in [3.05, 3.63) is 59.4 Å². The van der Waals surface area contributed by atoms with Crippen LogP contribution in [0.2, 0.25) is 0 Å². The molecule has 0 bridgehead atoms. The molecule has 0 unspecified atom stereocenters. The van der Waals surface area contributed by atoms with Crippen LogP contribution in [0.25, 0.3) is 11.0 Å². The molecular weight excluding hydrogens is 388 g/mol. The minimum Gasteiger partial charge on any atom is -0.354 e. The van der Waals surface area contributed by atoms with Crippen molar-refractivity contribution in [1.82, 2.24) is 14.9 Å². The normalized spacial score (nSPS) is 16.4. The summed E-state index contributed by atoms with van der Waals surface area (Å²) in [7, 11) is 0. The number of amides is 1. The molecule has 31 heavy (non-hydrogen) atoms. The number of carbonyl (C=O) groups is 2. The number of aromatic nitrogens is 2. The van der Waals surface area contributed by atoms with E-state index in [0.29, 0.717) is 22.5 Å². The van der Waals surface area contributed by atoms with Gasteiger partial charge in [-0.3, -0.25) is 9.59 Å². The maximum Gasteiger partial charge on any atom is 0.257 e. The maximum atomic E-state index is 13.6. The van der Waals surface area contributed by atoms with Crippen molar-refractivity contribution >= 4 is 34.1 Å². The van der Waals surface area contributed by atoms with Gasteiger partial charge in [-0.2, -0.15) is 0 Å². The third-order valence-corrected chi connectivity index (χ3v) is 6.00. The molecule has 0 spiro atoms. The number of hydrogen-bond donors (Lipinski definition) is 1. The molecule has 1 atom stereocenters. The quantitative estimate of drug-likeness (QED) is 0.572. The number of nitrogens with zero attached hydrogens (tertiary/aromatic N) is 3. The van der Waals surface area contributed by atoms with Crippen molar-refractivity contribution in [2.24, 2.45) is 0 Å². The van der Waals surface area contributed by atoms with E-state index in [1.807, 2.05) is 36.1 Å². The molecule has 3 aromatic rings. The maximum absolute atomic E-state index is 13.6. The van der Waals surface area contributed by atoms with E-state index in [4.69, 9.17) is 0 Å². The van der Waals surface area contributed by atoms with Gasteiger partial charge in [-0.05, 0) is 63.8 Å². The van der Waals surface area contributed by atoms with Crippen LogP contribution in [0.15, 0.2) is 42.6 Å². The smallest absolute Gasteiger partial charge is 0.257 e. The molecule has 1 aliphatic heterocycles. The van der Waals surface area contributed by atoms with Crippen molar-refractivity contribution < 1.29 is 9.59 Å². The van der Waals surface area contributed by atoms with E-state index in [0.717, 1.165) is 49.0 Å². The van der Waals surface area contributed by atoms with E-state index in [2.05, 4.69) is 22.2 Å². The van der Waals surface area contributed by atoms with Gasteiger partial charge < -0.3 is 10.2 Å². The standard InChI is InChI=1S/C25H28N4O2/c1-4-20-10-5-6-13-29(20)25(31)22-15-26-24-21(12-11-16(2)27-24)23(22)28-19-9-7-8-18(14-19)17(3)30/h7-9,11-12,14-15,20H,4-6,10,13H2,1-3H3,(H,26,27,28)/t20-/m0/s1. The minimum absolute atomic E-state index is 0.00377. The second kappa shape index (κ2) is 8.84. The first-order chi connectivity index (χ1) is 15.0. The summed E-state index contributed by atoms with van der Waals surface area (Å²) in [5.41, 5.74) is 4.04. The molecular formula is C25H28N4O2. The molecule has 4 rings (SSSR count). The van der Waals surface area contributed by atoms with Gasteiger partial charge in [-0.1, -0.05) is 19.1 Å². The van der Waals surface area contributed by atoms with E-state index >= 15 is 0 Å². The number of piperidine rings is 1. The van der Waals surface area contributed by atoms with Gasteiger partial charge in [0.05, 0.1) is 11.3 Å². The van der Waals surface area contributed by atoms with Crippen LogP contribution < -0.4 is 5.32 Å². The molecule has 0 saturated carbocycles. The largest absolute Gasteiger partial charge is 0.354 e. The number of fused-ring (bicyclic) bond motifs is 1. The van der Waals surface area contributed by atoms with Crippen molar-refractivity contribution in [3.8, 4) is 0 Å². The van der Waals surface area contributed by atoms with Crippen LogP contribution in [0.1, 0.15) is 65.9 Å². The highest BCUT2D eigenvalue weighted by Gasteiger charge is 2.28. The van der Waals surface area contributed by atoms with E-state index in [-0.39, 0.29) is 17.7 Å². The van der Waals surface area contributed by atoms with Gasteiger partial charge in [-0.25, -0.2) is 9.97 Å². The lowest BCUT2D eigenvalue weighted by atomic mass is 9.98. The fraction of sp³-hybridized carbons (Fsp3) is 0.360. The highest BCUT2D eigenvalue weighted by atomic mass is 16.2. The van der Waals surface area contributed by atoms with Gasteiger partial charge in [0.15, 0.2) is 11.4 Å². The average molecular weight is 417 g/mol. The van der Waals surface area contributed by atoms with Crippen LogP contribution in [0.4, 0.5) is 11.4 Å². The number of Topliss-reactive ketones (excluding diaryl/α,β-unsaturated/α-hetero) is 1. The molecule has 6 heteroatoms. The van der Waals surface area contributed by atoms with Gasteiger partial charge in [0.25, 0.3) is 5.91 Å². The second-order valence-corrected chi connectivity index (χ2v) is 8.19. The van der Waals surface area contributed by atoms with Crippen LogP contribution in [0, 0.1) is 6.92 Å². The van der Waals surface area contributed by atoms with E-state index in [1.165, 1.54) is 0 Å². The second-order valence-electron chi connectivity index (χ2n) is 8.19. The predicted octanol–water partition coefficient (Wildman–Crippen LogP) is 5.29. The van der Waals surface area contributed by atoms with Gasteiger partial charge in [0.1, 0.15) is 0 Å². The summed E-state index contributed by atoms with van der Waals surface area (Å²) >= 11 is 0. The van der Waals surface area contributed by atoms with Gasteiger partial charge in [0, 0.05) is 41.1 Å². The number of benzene rings is 1. The lowest BCUT2D eigenvalue weighted by Crippen LogP contribution is -2.43. The monoisotopic (exact) mass is 416 g/mol. The molecule has 0 radical (unpaired) electrons. The van der Waals surface area contributed by atoms with Gasteiger partial charge in [0.2, 0.25) is 0 Å². The number of nitrogens with one attached hydrogen (secondary N) is 1. The Balaban J connectivity index is 1.82. The molecule has 1 saturated heterocycles. The van der Waals surface area contributed by atoms with Gasteiger partial charge in [-0.15, -0.1) is 0 Å². The van der Waals surface area contributed by atoms with Gasteiger partial charge >= 0.3 is 0 Å². The fourth-order valence-electron chi connectivity index (χ4n) is 4.28. The zero-order chi connectivity index (χ0) is 22.0. The molecule has 1 aliphatic rings. The summed E-state index contributed by atoms with van der Waals surface area (Å²) < 4.78 is 0. The lowest BCUT2D eigenvalue weighted by molar-refractivity contribution is 0.0608. The van der Waals surface area contributed by atoms with Crippen LogP contribution in [-0.4, -0.2) is 39.1 Å². The molecule has 160 valence electrons. The summed E-state index contributed by atoms with van der Waals surface area (Å²) in [5, 5.41) is 4.19. The van der Waals surface area contributed by atoms with Crippen molar-refractivity contribution in [2.45, 2.75) is 52.5 Å². The SMILES string of the molecule is CC[C@H]1CCCCN1C(=O)c1cnc2nc(C)ccc2c1Nc1cccc(C(C)=O)c1. The number of anilines is 2. The van der Waals surface area contributed by atoms with E-state index in [9.17, 15) is 9.59 Å². The molecule has 1 amide bonds. The Hall–Kier alpha value is -3.28. The number of carbonyl (C=O) groups excluding carboxylic acids is 2. The van der Waals surface area contributed by atoms with Crippen molar-refractivity contribution in [1.29, 1.82) is 0 Å². The summed E-state index contributed by atoms with van der Waals surface area (Å²) in [5.74, 6) is -0.0114. The third kappa shape index (κ3) is 4.29. The predicted molar refractivity (Wildman–Crippen MR) is 123 cm³/mol.